The first kappa shape index (κ1) is 19.3. The first-order valence-electron chi connectivity index (χ1n) is 9.74. The fraction of sp³-hybridized carbons (Fsp3) is 0.450. The lowest BCUT2D eigenvalue weighted by Gasteiger charge is -2.27. The molecule has 3 heterocycles. The molecule has 5 amide bonds. The molecule has 3 aliphatic rings. The summed E-state index contributed by atoms with van der Waals surface area (Å²) in [5.74, 6) is -2.41. The van der Waals surface area contributed by atoms with Crippen molar-refractivity contribution in [3.05, 3.63) is 29.3 Å². The molecule has 2 N–H and O–H groups in total. The van der Waals surface area contributed by atoms with Gasteiger partial charge in [0, 0.05) is 18.2 Å². The van der Waals surface area contributed by atoms with Gasteiger partial charge in [-0.3, -0.25) is 39.1 Å². The number of nitrogens with zero attached hydrogens (tertiary/aromatic N) is 2. The van der Waals surface area contributed by atoms with Crippen molar-refractivity contribution in [3.63, 3.8) is 0 Å². The molecule has 29 heavy (non-hydrogen) atoms. The molecule has 2 saturated heterocycles. The van der Waals surface area contributed by atoms with E-state index in [1.54, 1.807) is 6.07 Å². The van der Waals surface area contributed by atoms with Gasteiger partial charge in [0.25, 0.3) is 11.8 Å². The molecular weight excluding hydrogens is 376 g/mol. The van der Waals surface area contributed by atoms with E-state index in [-0.39, 0.29) is 36.4 Å². The maximum absolute atomic E-state index is 12.8. The summed E-state index contributed by atoms with van der Waals surface area (Å²) in [6.45, 7) is 3.24. The highest BCUT2D eigenvalue weighted by atomic mass is 16.2. The number of likely N-dealkylation sites (tertiary alicyclic amines) is 1. The third kappa shape index (κ3) is 3.53. The molecule has 152 valence electrons. The Morgan fingerprint density at radius 3 is 2.59 bits per heavy atom. The lowest BCUT2D eigenvalue weighted by molar-refractivity contribution is -0.136. The number of piperidine rings is 1. The molecule has 0 aromatic heterocycles. The minimum absolute atomic E-state index is 0.0695. The zero-order chi connectivity index (χ0) is 20.7. The van der Waals surface area contributed by atoms with Crippen LogP contribution in [0.4, 0.5) is 5.69 Å². The number of nitrogens with one attached hydrogen (secondary N) is 2. The van der Waals surface area contributed by atoms with Crippen molar-refractivity contribution in [2.45, 2.75) is 44.7 Å². The second-order valence-electron chi connectivity index (χ2n) is 7.72. The Labute approximate surface area is 167 Å². The van der Waals surface area contributed by atoms with E-state index >= 15 is 0 Å². The van der Waals surface area contributed by atoms with Crippen LogP contribution in [0.25, 0.3) is 0 Å². The Morgan fingerprint density at radius 2 is 1.90 bits per heavy atom. The summed E-state index contributed by atoms with van der Waals surface area (Å²) in [6, 6.07) is 3.88. The van der Waals surface area contributed by atoms with Crippen molar-refractivity contribution < 1.29 is 24.0 Å². The molecular formula is C20H22N4O5. The molecule has 1 aromatic carbocycles. The van der Waals surface area contributed by atoms with Gasteiger partial charge in [0.2, 0.25) is 17.7 Å². The number of carbonyl (C=O) groups excluding carboxylic acids is 5. The number of fused-ring (bicyclic) bond motifs is 1. The van der Waals surface area contributed by atoms with Crippen molar-refractivity contribution in [1.29, 1.82) is 0 Å². The Kier molecular flexibility index (Phi) is 4.91. The molecule has 0 saturated carbocycles. The third-order valence-corrected chi connectivity index (χ3v) is 5.76. The molecule has 0 spiro atoms. The summed E-state index contributed by atoms with van der Waals surface area (Å²) in [4.78, 5) is 64.3. The predicted molar refractivity (Wildman–Crippen MR) is 102 cm³/mol. The van der Waals surface area contributed by atoms with Gasteiger partial charge in [-0.25, -0.2) is 0 Å². The number of imide groups is 2. The number of benzene rings is 1. The van der Waals surface area contributed by atoms with Gasteiger partial charge in [-0.1, -0.05) is 0 Å². The van der Waals surface area contributed by atoms with Crippen molar-refractivity contribution in [1.82, 2.24) is 15.1 Å². The summed E-state index contributed by atoms with van der Waals surface area (Å²) < 4.78 is 0. The highest BCUT2D eigenvalue weighted by Gasteiger charge is 2.44. The van der Waals surface area contributed by atoms with Gasteiger partial charge in [-0.2, -0.15) is 0 Å². The fourth-order valence-electron chi connectivity index (χ4n) is 4.16. The molecule has 9 heteroatoms. The molecule has 0 bridgehead atoms. The Morgan fingerprint density at radius 1 is 1.14 bits per heavy atom. The first-order valence-corrected chi connectivity index (χ1v) is 9.74. The van der Waals surface area contributed by atoms with Crippen LogP contribution in [-0.2, 0) is 14.4 Å². The van der Waals surface area contributed by atoms with Gasteiger partial charge >= 0.3 is 0 Å². The van der Waals surface area contributed by atoms with Crippen molar-refractivity contribution in [2.75, 3.05) is 18.4 Å². The number of amides is 5. The first-order chi connectivity index (χ1) is 13.8. The Hall–Kier alpha value is -3.07. The van der Waals surface area contributed by atoms with Crippen LogP contribution >= 0.6 is 0 Å². The maximum Gasteiger partial charge on any atom is 0.262 e. The van der Waals surface area contributed by atoms with Crippen molar-refractivity contribution in [3.8, 4) is 0 Å². The smallest absolute Gasteiger partial charge is 0.262 e. The highest BCUT2D eigenvalue weighted by molar-refractivity contribution is 6.23. The van der Waals surface area contributed by atoms with Gasteiger partial charge in [0.05, 0.1) is 17.7 Å². The molecule has 3 aliphatic heterocycles. The zero-order valence-corrected chi connectivity index (χ0v) is 16.1. The quantitative estimate of drug-likeness (QED) is 0.714. The van der Waals surface area contributed by atoms with E-state index in [0.29, 0.717) is 11.7 Å². The van der Waals surface area contributed by atoms with Crippen LogP contribution < -0.4 is 10.6 Å². The zero-order valence-electron chi connectivity index (χ0n) is 16.1. The summed E-state index contributed by atoms with van der Waals surface area (Å²) in [5, 5.41) is 4.94. The number of rotatable bonds is 4. The Bertz CT molecular complexity index is 927. The van der Waals surface area contributed by atoms with Gasteiger partial charge in [-0.05, 0) is 50.9 Å². The second kappa shape index (κ2) is 7.40. The monoisotopic (exact) mass is 398 g/mol. The van der Waals surface area contributed by atoms with Gasteiger partial charge in [0.15, 0.2) is 0 Å². The van der Waals surface area contributed by atoms with E-state index in [4.69, 9.17) is 0 Å². The van der Waals surface area contributed by atoms with Gasteiger partial charge in [0.1, 0.15) is 6.04 Å². The Balaban J connectivity index is 1.49. The summed E-state index contributed by atoms with van der Waals surface area (Å²) in [7, 11) is 0. The van der Waals surface area contributed by atoms with Gasteiger partial charge < -0.3 is 5.32 Å². The minimum atomic E-state index is -1.00. The van der Waals surface area contributed by atoms with Crippen molar-refractivity contribution in [2.24, 2.45) is 0 Å². The average molecular weight is 398 g/mol. The van der Waals surface area contributed by atoms with Crippen molar-refractivity contribution >= 4 is 35.2 Å². The number of anilines is 1. The van der Waals surface area contributed by atoms with E-state index in [0.717, 1.165) is 24.3 Å². The summed E-state index contributed by atoms with van der Waals surface area (Å²) >= 11 is 0. The van der Waals surface area contributed by atoms with Gasteiger partial charge in [-0.15, -0.1) is 0 Å². The minimum Gasteiger partial charge on any atom is -0.325 e. The van der Waals surface area contributed by atoms with E-state index in [9.17, 15) is 24.0 Å². The number of carbonyl (C=O) groups is 5. The molecule has 1 aromatic rings. The molecule has 9 nitrogen and oxygen atoms in total. The third-order valence-electron chi connectivity index (χ3n) is 5.76. The normalized spacial score (nSPS) is 24.7. The largest absolute Gasteiger partial charge is 0.325 e. The number of hydrogen-bond donors (Lipinski definition) is 2. The highest BCUT2D eigenvalue weighted by Crippen LogP contribution is 2.29. The van der Waals surface area contributed by atoms with Crippen LogP contribution in [0, 0.1) is 0 Å². The second-order valence-corrected chi connectivity index (χ2v) is 7.72. The topological polar surface area (TPSA) is 116 Å². The standard InChI is InChI=1S/C20H22N4O5/c1-11-3-2-8-23(11)10-17(26)21-12-4-5-13-14(9-12)20(29)24(19(13)28)15-6-7-16(25)22-18(15)27/h4-5,9,11,15H,2-3,6-8,10H2,1H3,(H,21,26)(H,22,25,27). The van der Waals surface area contributed by atoms with Crippen LogP contribution in [0.1, 0.15) is 53.3 Å². The van der Waals surface area contributed by atoms with E-state index < -0.39 is 29.7 Å². The predicted octanol–water partition coefficient (Wildman–Crippen LogP) is 0.511. The van der Waals surface area contributed by atoms with E-state index in [1.165, 1.54) is 12.1 Å². The molecule has 2 unspecified atom stereocenters. The summed E-state index contributed by atoms with van der Waals surface area (Å²) in [6.07, 6.45) is 2.31. The molecule has 0 aliphatic carbocycles. The van der Waals surface area contributed by atoms with Crippen LogP contribution in [0.2, 0.25) is 0 Å². The molecule has 2 fully saturated rings. The lowest BCUT2D eigenvalue weighted by Crippen LogP contribution is -2.54. The van der Waals surface area contributed by atoms with E-state index in [2.05, 4.69) is 22.5 Å². The van der Waals surface area contributed by atoms with Crippen LogP contribution in [-0.4, -0.2) is 64.5 Å². The lowest BCUT2D eigenvalue weighted by atomic mass is 10.0. The molecule has 4 rings (SSSR count). The molecule has 2 atom stereocenters. The van der Waals surface area contributed by atoms with Crippen LogP contribution in [0.3, 0.4) is 0 Å². The fourth-order valence-corrected chi connectivity index (χ4v) is 4.16. The summed E-state index contributed by atoms with van der Waals surface area (Å²) in [5.41, 5.74) is 0.754. The molecule has 0 radical (unpaired) electrons. The number of hydrogen-bond acceptors (Lipinski definition) is 6. The maximum atomic E-state index is 12.8. The SMILES string of the molecule is CC1CCCN1CC(=O)Nc1ccc2c(c1)C(=O)N(C1CCC(=O)NC1=O)C2=O. The van der Waals surface area contributed by atoms with Crippen LogP contribution in [0.15, 0.2) is 18.2 Å². The average Bonchev–Trinajstić information content (AvgIpc) is 3.17. The van der Waals surface area contributed by atoms with Crippen LogP contribution in [0.5, 0.6) is 0 Å². The van der Waals surface area contributed by atoms with E-state index in [1.807, 2.05) is 0 Å².